The predicted molar refractivity (Wildman–Crippen MR) is 132 cm³/mol. The number of hydrogen-bond acceptors (Lipinski definition) is 8. The predicted octanol–water partition coefficient (Wildman–Crippen LogP) is 0.137. The van der Waals surface area contributed by atoms with E-state index >= 15 is 0 Å². The van der Waals surface area contributed by atoms with Crippen molar-refractivity contribution in [2.45, 2.75) is 77.2 Å². The summed E-state index contributed by atoms with van der Waals surface area (Å²) in [6.45, 7) is 4.72. The number of nitrogens with one attached hydrogen (secondary N) is 1. The summed E-state index contributed by atoms with van der Waals surface area (Å²) in [6, 6.07) is -0.644. The summed E-state index contributed by atoms with van der Waals surface area (Å²) in [7, 11) is 0. The van der Waals surface area contributed by atoms with Crippen molar-refractivity contribution in [3.63, 3.8) is 0 Å². The number of nitrogens with zero attached hydrogens (tertiary/aromatic N) is 1. The number of amides is 3. The van der Waals surface area contributed by atoms with Gasteiger partial charge in [-0.15, -0.1) is 0 Å². The van der Waals surface area contributed by atoms with Gasteiger partial charge in [-0.3, -0.25) is 9.59 Å². The lowest BCUT2D eigenvalue weighted by atomic mass is 10.1. The lowest BCUT2D eigenvalue weighted by molar-refractivity contribution is -0.137. The molecule has 0 bridgehead atoms. The molecule has 0 spiro atoms. The minimum Gasteiger partial charge on any atom is -0.448 e. The van der Waals surface area contributed by atoms with Crippen LogP contribution in [0.4, 0.5) is 4.79 Å². The van der Waals surface area contributed by atoms with Crippen LogP contribution in [0.25, 0.3) is 0 Å². The summed E-state index contributed by atoms with van der Waals surface area (Å²) in [4.78, 5) is 36.8. The number of rotatable bonds is 19. The second kappa shape index (κ2) is 24.7. The van der Waals surface area contributed by atoms with Gasteiger partial charge in [-0.25, -0.2) is 4.79 Å². The molecule has 0 aromatic carbocycles. The van der Waals surface area contributed by atoms with Gasteiger partial charge >= 0.3 is 6.09 Å². The van der Waals surface area contributed by atoms with E-state index in [1.807, 2.05) is 0 Å². The molecule has 0 aliphatic rings. The highest BCUT2D eigenvalue weighted by molar-refractivity contribution is 5.87. The Bertz CT molecular complexity index is 493. The van der Waals surface area contributed by atoms with Crippen LogP contribution in [0, 0.1) is 0 Å². The maximum Gasteiger partial charge on any atom is 0.404 e. The molecule has 0 radical (unpaired) electrons. The van der Waals surface area contributed by atoms with Gasteiger partial charge < -0.3 is 43.6 Å². The quantitative estimate of drug-likeness (QED) is 0.141. The molecule has 0 aromatic rings. The molecule has 0 aliphatic heterocycles. The first-order chi connectivity index (χ1) is 15.8. The van der Waals surface area contributed by atoms with E-state index in [1.165, 1.54) is 17.7 Å². The third-order valence-electron chi connectivity index (χ3n) is 4.79. The molecule has 11 nitrogen and oxygen atoms in total. The molecule has 0 heterocycles. The van der Waals surface area contributed by atoms with Gasteiger partial charge in [-0.1, -0.05) is 39.0 Å². The lowest BCUT2D eigenvalue weighted by Crippen LogP contribution is -2.48. The summed E-state index contributed by atoms with van der Waals surface area (Å²) < 4.78 is 4.55. The molecular formula is C22H49N7O4. The summed E-state index contributed by atoms with van der Waals surface area (Å²) in [5, 5.41) is 2.60. The zero-order valence-corrected chi connectivity index (χ0v) is 20.6. The van der Waals surface area contributed by atoms with Gasteiger partial charge in [0.1, 0.15) is 6.61 Å². The number of ether oxygens (including phenoxy) is 1. The first-order valence-electron chi connectivity index (χ1n) is 12.2. The highest BCUT2D eigenvalue weighted by atomic mass is 16.5. The largest absolute Gasteiger partial charge is 0.448 e. The van der Waals surface area contributed by atoms with Gasteiger partial charge in [0, 0.05) is 6.54 Å². The summed E-state index contributed by atoms with van der Waals surface area (Å²) in [6.07, 6.45) is 8.45. The topological polar surface area (TPSA) is 206 Å². The van der Waals surface area contributed by atoms with Crippen molar-refractivity contribution < 1.29 is 19.1 Å². The molecule has 1 atom stereocenters. The average Bonchev–Trinajstić information content (AvgIpc) is 2.78. The van der Waals surface area contributed by atoms with Crippen molar-refractivity contribution in [2.24, 2.45) is 28.7 Å². The van der Waals surface area contributed by atoms with Gasteiger partial charge in [0.15, 0.2) is 0 Å². The summed E-state index contributed by atoms with van der Waals surface area (Å²) >= 11 is 0. The molecule has 0 saturated carbocycles. The second-order valence-electron chi connectivity index (χ2n) is 7.87. The molecule has 11 heteroatoms. The van der Waals surface area contributed by atoms with E-state index in [-0.39, 0.29) is 31.5 Å². The van der Waals surface area contributed by atoms with E-state index in [0.717, 1.165) is 51.5 Å². The minimum atomic E-state index is -0.899. The normalized spacial score (nSPS) is 11.2. The Kier molecular flexibility index (Phi) is 24.9. The minimum absolute atomic E-state index is 0.0191. The van der Waals surface area contributed by atoms with E-state index in [1.54, 1.807) is 0 Å². The molecular weight excluding hydrogens is 426 g/mol. The van der Waals surface area contributed by atoms with Gasteiger partial charge in [-0.2, -0.15) is 0 Å². The zero-order valence-electron chi connectivity index (χ0n) is 20.6. The maximum absolute atomic E-state index is 12.6. The van der Waals surface area contributed by atoms with Crippen LogP contribution in [-0.2, 0) is 14.3 Å². The Morgan fingerprint density at radius 2 is 1.45 bits per heavy atom. The monoisotopic (exact) mass is 475 g/mol. The molecule has 33 heavy (non-hydrogen) atoms. The number of carbonyl (C=O) groups excluding carboxylic acids is 3. The second-order valence-corrected chi connectivity index (χ2v) is 7.87. The Hall–Kier alpha value is -1.95. The lowest BCUT2D eigenvalue weighted by Gasteiger charge is -2.25. The fourth-order valence-electron chi connectivity index (χ4n) is 2.89. The van der Waals surface area contributed by atoms with E-state index in [0.29, 0.717) is 26.1 Å². The summed E-state index contributed by atoms with van der Waals surface area (Å²) in [5.74, 6) is -0.568. The molecule has 0 fully saturated rings. The van der Waals surface area contributed by atoms with Crippen LogP contribution in [0.3, 0.4) is 0 Å². The van der Waals surface area contributed by atoms with Crippen LogP contribution in [0.1, 0.15) is 71.1 Å². The van der Waals surface area contributed by atoms with Gasteiger partial charge in [-0.05, 0) is 51.7 Å². The Morgan fingerprint density at radius 3 is 2.00 bits per heavy atom. The molecule has 3 amide bonds. The highest BCUT2D eigenvalue weighted by Gasteiger charge is 2.22. The van der Waals surface area contributed by atoms with Crippen LogP contribution in [0.15, 0.2) is 0 Å². The SMILES string of the molecule is CCCCN.NCCCCCCCN(CC(=O)NCCOC(N)=O)C(=O)C(N)CCCCN. The van der Waals surface area contributed by atoms with E-state index in [9.17, 15) is 14.4 Å². The maximum atomic E-state index is 12.6. The smallest absolute Gasteiger partial charge is 0.404 e. The van der Waals surface area contributed by atoms with E-state index in [4.69, 9.17) is 28.7 Å². The van der Waals surface area contributed by atoms with E-state index < -0.39 is 12.1 Å². The Balaban J connectivity index is 0. The fraction of sp³-hybridized carbons (Fsp3) is 0.864. The molecule has 0 aromatic heterocycles. The number of unbranched alkanes of at least 4 members (excludes halogenated alkanes) is 6. The van der Waals surface area contributed by atoms with Crippen LogP contribution in [0.2, 0.25) is 0 Å². The highest BCUT2D eigenvalue weighted by Crippen LogP contribution is 2.07. The third-order valence-corrected chi connectivity index (χ3v) is 4.79. The van der Waals surface area contributed by atoms with Crippen LogP contribution in [-0.4, -0.2) is 74.7 Å². The van der Waals surface area contributed by atoms with Crippen molar-refractivity contribution in [1.82, 2.24) is 10.2 Å². The summed E-state index contributed by atoms with van der Waals surface area (Å²) in [5.41, 5.74) is 27.0. The standard InChI is InChI=1S/C18H38N6O4.C4H11N/c19-9-5-2-1-3-7-12-24(17(26)15(21)8-4-6-10-20)14-16(25)23-11-13-28-18(22)27;1-2-3-4-5/h15H,1-14,19-21H2,(H2,22,27)(H,23,25);2-5H2,1H3. The first-order valence-corrected chi connectivity index (χ1v) is 12.2. The molecule has 196 valence electrons. The molecule has 0 aliphatic carbocycles. The van der Waals surface area contributed by atoms with Crippen molar-refractivity contribution >= 4 is 17.9 Å². The molecule has 0 rings (SSSR count). The first kappa shape index (κ1) is 33.2. The van der Waals surface area contributed by atoms with Crippen LogP contribution < -0.4 is 34.0 Å². The zero-order chi connectivity index (χ0) is 25.3. The molecule has 11 N–H and O–H groups in total. The number of nitrogens with two attached hydrogens (primary N) is 5. The Morgan fingerprint density at radius 1 is 0.879 bits per heavy atom. The van der Waals surface area contributed by atoms with E-state index in [2.05, 4.69) is 17.0 Å². The average molecular weight is 476 g/mol. The van der Waals surface area contributed by atoms with Crippen molar-refractivity contribution in [3.8, 4) is 0 Å². The van der Waals surface area contributed by atoms with Crippen molar-refractivity contribution in [2.75, 3.05) is 45.9 Å². The Labute approximate surface area is 199 Å². The third kappa shape index (κ3) is 23.0. The van der Waals surface area contributed by atoms with Crippen molar-refractivity contribution in [1.29, 1.82) is 0 Å². The van der Waals surface area contributed by atoms with Gasteiger partial charge in [0.05, 0.1) is 19.1 Å². The van der Waals surface area contributed by atoms with Gasteiger partial charge in [0.2, 0.25) is 11.8 Å². The van der Waals surface area contributed by atoms with Crippen molar-refractivity contribution in [3.05, 3.63) is 0 Å². The van der Waals surface area contributed by atoms with Crippen LogP contribution in [0.5, 0.6) is 0 Å². The molecule has 0 saturated heterocycles. The molecule has 1 unspecified atom stereocenters. The fourth-order valence-corrected chi connectivity index (χ4v) is 2.89. The number of carbonyl (C=O) groups is 3. The van der Waals surface area contributed by atoms with Gasteiger partial charge in [0.25, 0.3) is 0 Å². The number of hydrogen-bond donors (Lipinski definition) is 6. The number of primary amides is 1. The van der Waals surface area contributed by atoms with Crippen LogP contribution >= 0.6 is 0 Å².